The number of hydrogen-bond acceptors (Lipinski definition) is 3. The first-order valence-corrected chi connectivity index (χ1v) is 4.42. The van der Waals surface area contributed by atoms with Crippen molar-refractivity contribution in [3.63, 3.8) is 0 Å². The Bertz CT molecular complexity index is 222. The molecule has 1 fully saturated rings. The molecule has 1 rings (SSSR count). The third-order valence-electron chi connectivity index (χ3n) is 1.91. The van der Waals surface area contributed by atoms with Gasteiger partial charge in [0, 0.05) is 6.54 Å². The molecule has 0 aromatic heterocycles. The molecule has 0 aliphatic carbocycles. The maximum absolute atomic E-state index is 11.2. The first kappa shape index (κ1) is 10.3. The third-order valence-corrected chi connectivity index (χ3v) is 2.18. The molecule has 1 unspecified atom stereocenters. The van der Waals surface area contributed by atoms with E-state index in [-0.39, 0.29) is 18.3 Å². The van der Waals surface area contributed by atoms with Crippen molar-refractivity contribution in [2.45, 2.75) is 6.04 Å². The van der Waals surface area contributed by atoms with Crippen molar-refractivity contribution >= 4 is 23.4 Å². The lowest BCUT2D eigenvalue weighted by molar-refractivity contribution is -0.125. The lowest BCUT2D eigenvalue weighted by Crippen LogP contribution is -2.54. The highest BCUT2D eigenvalue weighted by Crippen LogP contribution is 2.08. The molecule has 2 amide bonds. The highest BCUT2D eigenvalue weighted by molar-refractivity contribution is 6.28. The fraction of sp³-hybridized carbons (Fsp3) is 0.714. The molecule has 0 aromatic rings. The van der Waals surface area contributed by atoms with Gasteiger partial charge in [0.25, 0.3) is 0 Å². The van der Waals surface area contributed by atoms with E-state index in [4.69, 9.17) is 22.1 Å². The van der Waals surface area contributed by atoms with Crippen LogP contribution in [0.5, 0.6) is 0 Å². The highest BCUT2D eigenvalue weighted by Gasteiger charge is 2.30. The predicted molar refractivity (Wildman–Crippen MR) is 46.6 cm³/mol. The van der Waals surface area contributed by atoms with Crippen LogP contribution in [-0.4, -0.2) is 48.4 Å². The van der Waals surface area contributed by atoms with Crippen LogP contribution in [0.4, 0.5) is 4.79 Å². The van der Waals surface area contributed by atoms with Gasteiger partial charge in [0.15, 0.2) is 5.78 Å². The number of carbonyl (C=O) groups excluding carboxylic acids is 2. The quantitative estimate of drug-likeness (QED) is 0.624. The Balaban J connectivity index is 2.67. The van der Waals surface area contributed by atoms with E-state index in [1.165, 1.54) is 4.90 Å². The summed E-state index contributed by atoms with van der Waals surface area (Å²) in [5.74, 6) is -0.363. The van der Waals surface area contributed by atoms with E-state index in [1.807, 2.05) is 0 Å². The minimum atomic E-state index is -0.608. The molecule has 0 radical (unpaired) electrons. The van der Waals surface area contributed by atoms with E-state index < -0.39 is 12.1 Å². The number of primary amides is 1. The van der Waals surface area contributed by atoms with Crippen molar-refractivity contribution in [1.29, 1.82) is 0 Å². The van der Waals surface area contributed by atoms with E-state index in [0.29, 0.717) is 13.2 Å². The molecule has 6 heteroatoms. The SMILES string of the molecule is NC(=O)N1CCOCC1C(=O)CCl. The highest BCUT2D eigenvalue weighted by atomic mass is 35.5. The summed E-state index contributed by atoms with van der Waals surface area (Å²) in [7, 11) is 0. The van der Waals surface area contributed by atoms with Gasteiger partial charge in [-0.3, -0.25) is 4.79 Å². The van der Waals surface area contributed by atoms with Gasteiger partial charge in [0.1, 0.15) is 6.04 Å². The summed E-state index contributed by atoms with van der Waals surface area (Å²) in [5, 5.41) is 0. The van der Waals surface area contributed by atoms with Crippen LogP contribution in [0.15, 0.2) is 0 Å². The second kappa shape index (κ2) is 4.43. The average molecular weight is 207 g/mol. The van der Waals surface area contributed by atoms with Crippen molar-refractivity contribution < 1.29 is 14.3 Å². The molecular weight excluding hydrogens is 196 g/mol. The zero-order valence-corrected chi connectivity index (χ0v) is 7.79. The van der Waals surface area contributed by atoms with E-state index in [2.05, 4.69) is 0 Å². The van der Waals surface area contributed by atoms with E-state index in [0.717, 1.165) is 0 Å². The number of amides is 2. The van der Waals surface area contributed by atoms with Crippen molar-refractivity contribution in [3.05, 3.63) is 0 Å². The lowest BCUT2D eigenvalue weighted by atomic mass is 10.1. The molecule has 0 bridgehead atoms. The van der Waals surface area contributed by atoms with Crippen LogP contribution < -0.4 is 5.73 Å². The standard InChI is InChI=1S/C7H11ClN2O3/c8-3-6(11)5-4-13-2-1-10(5)7(9)12/h5H,1-4H2,(H2,9,12). The van der Waals surface area contributed by atoms with Crippen molar-refractivity contribution in [2.24, 2.45) is 5.73 Å². The fourth-order valence-corrected chi connectivity index (χ4v) is 1.40. The summed E-state index contributed by atoms with van der Waals surface area (Å²) in [4.78, 5) is 23.4. The van der Waals surface area contributed by atoms with Crippen LogP contribution in [0.2, 0.25) is 0 Å². The molecule has 1 aliphatic heterocycles. The first-order chi connectivity index (χ1) is 6.16. The zero-order chi connectivity index (χ0) is 9.84. The number of carbonyl (C=O) groups is 2. The maximum Gasteiger partial charge on any atom is 0.315 e. The Morgan fingerprint density at radius 3 is 2.85 bits per heavy atom. The van der Waals surface area contributed by atoms with Crippen LogP contribution in [0.1, 0.15) is 0 Å². The third kappa shape index (κ3) is 2.32. The number of halogens is 1. The van der Waals surface area contributed by atoms with Crippen molar-refractivity contribution in [2.75, 3.05) is 25.6 Å². The van der Waals surface area contributed by atoms with E-state index in [9.17, 15) is 9.59 Å². The molecular formula is C7H11ClN2O3. The van der Waals surface area contributed by atoms with Crippen LogP contribution in [-0.2, 0) is 9.53 Å². The number of ether oxygens (including phenoxy) is 1. The Labute approximate surface area is 80.8 Å². The van der Waals surface area contributed by atoms with Crippen LogP contribution in [0, 0.1) is 0 Å². The molecule has 1 saturated heterocycles. The van der Waals surface area contributed by atoms with Gasteiger partial charge in [0.2, 0.25) is 0 Å². The lowest BCUT2D eigenvalue weighted by Gasteiger charge is -2.32. The van der Waals surface area contributed by atoms with Crippen molar-refractivity contribution in [3.8, 4) is 0 Å². The molecule has 0 aromatic carbocycles. The normalized spacial score (nSPS) is 22.8. The Morgan fingerprint density at radius 1 is 1.62 bits per heavy atom. The topological polar surface area (TPSA) is 72.6 Å². The summed E-state index contributed by atoms with van der Waals surface area (Å²) in [6, 6.07) is -1.21. The fourth-order valence-electron chi connectivity index (χ4n) is 1.22. The number of hydrogen-bond donors (Lipinski definition) is 1. The molecule has 0 spiro atoms. The largest absolute Gasteiger partial charge is 0.377 e. The van der Waals surface area contributed by atoms with Gasteiger partial charge in [0.05, 0.1) is 19.1 Å². The summed E-state index contributed by atoms with van der Waals surface area (Å²) < 4.78 is 5.06. The van der Waals surface area contributed by atoms with Gasteiger partial charge in [-0.05, 0) is 0 Å². The Hall–Kier alpha value is -0.810. The molecule has 5 nitrogen and oxygen atoms in total. The summed E-state index contributed by atoms with van der Waals surface area (Å²) in [6.45, 7) is 0.951. The molecule has 1 atom stereocenters. The first-order valence-electron chi connectivity index (χ1n) is 3.89. The average Bonchev–Trinajstić information content (AvgIpc) is 2.16. The number of morpholine rings is 1. The van der Waals surface area contributed by atoms with Crippen LogP contribution in [0.3, 0.4) is 0 Å². The van der Waals surface area contributed by atoms with Gasteiger partial charge >= 0.3 is 6.03 Å². The van der Waals surface area contributed by atoms with Gasteiger partial charge < -0.3 is 15.4 Å². The molecule has 74 valence electrons. The molecule has 2 N–H and O–H groups in total. The van der Waals surface area contributed by atoms with Crippen LogP contribution >= 0.6 is 11.6 Å². The number of nitrogens with two attached hydrogens (primary N) is 1. The van der Waals surface area contributed by atoms with Gasteiger partial charge in [-0.15, -0.1) is 11.6 Å². The van der Waals surface area contributed by atoms with E-state index >= 15 is 0 Å². The number of rotatable bonds is 2. The minimum Gasteiger partial charge on any atom is -0.377 e. The smallest absolute Gasteiger partial charge is 0.315 e. The summed E-state index contributed by atoms with van der Waals surface area (Å²) in [6.07, 6.45) is 0. The maximum atomic E-state index is 11.2. The Morgan fingerprint density at radius 2 is 2.31 bits per heavy atom. The minimum absolute atomic E-state index is 0.127. The van der Waals surface area contributed by atoms with Crippen LogP contribution in [0.25, 0.3) is 0 Å². The molecule has 0 saturated carbocycles. The van der Waals surface area contributed by atoms with Gasteiger partial charge in [-0.1, -0.05) is 0 Å². The number of alkyl halides is 1. The van der Waals surface area contributed by atoms with Crippen molar-refractivity contribution in [1.82, 2.24) is 4.90 Å². The van der Waals surface area contributed by atoms with Gasteiger partial charge in [-0.25, -0.2) is 4.79 Å². The monoisotopic (exact) mass is 206 g/mol. The summed E-state index contributed by atoms with van der Waals surface area (Å²) >= 11 is 5.37. The second-order valence-electron chi connectivity index (χ2n) is 2.72. The predicted octanol–water partition coefficient (Wildman–Crippen LogP) is -0.426. The number of urea groups is 1. The Kier molecular flexibility index (Phi) is 3.50. The molecule has 1 aliphatic rings. The summed E-state index contributed by atoms with van der Waals surface area (Å²) in [5.41, 5.74) is 5.09. The molecule has 13 heavy (non-hydrogen) atoms. The number of Topliss-reactive ketones (excluding diaryl/α,β-unsaturated/α-hetero) is 1. The van der Waals surface area contributed by atoms with Gasteiger partial charge in [-0.2, -0.15) is 0 Å². The van der Waals surface area contributed by atoms with E-state index in [1.54, 1.807) is 0 Å². The number of nitrogens with zero attached hydrogens (tertiary/aromatic N) is 1. The molecule has 1 heterocycles. The number of ketones is 1. The zero-order valence-electron chi connectivity index (χ0n) is 7.03. The second-order valence-corrected chi connectivity index (χ2v) is 2.99.